The maximum absolute atomic E-state index is 11.1. The van der Waals surface area contributed by atoms with Crippen LogP contribution in [0.25, 0.3) is 0 Å². The molecular formula is C10H15NO. The lowest BCUT2D eigenvalue weighted by Gasteiger charge is -1.98. The van der Waals surface area contributed by atoms with Crippen LogP contribution >= 0.6 is 0 Å². The lowest BCUT2D eigenvalue weighted by molar-refractivity contribution is 0.101. The summed E-state index contributed by atoms with van der Waals surface area (Å²) in [6.07, 6.45) is 5.16. The van der Waals surface area contributed by atoms with Crippen LogP contribution in [0.2, 0.25) is 0 Å². The van der Waals surface area contributed by atoms with Crippen LogP contribution in [0.4, 0.5) is 0 Å². The summed E-state index contributed by atoms with van der Waals surface area (Å²) in [5, 5.41) is 0. The minimum Gasteiger partial charge on any atom is -0.359 e. The van der Waals surface area contributed by atoms with Crippen molar-refractivity contribution < 1.29 is 4.79 Å². The molecule has 0 fully saturated rings. The van der Waals surface area contributed by atoms with E-state index in [0.717, 1.165) is 24.1 Å². The summed E-state index contributed by atoms with van der Waals surface area (Å²) in [4.78, 5) is 14.0. The van der Waals surface area contributed by atoms with Gasteiger partial charge in [0, 0.05) is 13.1 Å². The molecule has 2 nitrogen and oxygen atoms in total. The van der Waals surface area contributed by atoms with E-state index in [1.54, 1.807) is 6.92 Å². The molecule has 0 aliphatic heterocycles. The summed E-state index contributed by atoms with van der Waals surface area (Å²) >= 11 is 0. The van der Waals surface area contributed by atoms with Crippen LogP contribution in [-0.2, 0) is 6.42 Å². The Balaban J connectivity index is 2.70. The highest BCUT2D eigenvalue weighted by Gasteiger charge is 2.06. The van der Waals surface area contributed by atoms with E-state index in [-0.39, 0.29) is 5.78 Å². The number of hydrogen-bond acceptors (Lipinski definition) is 1. The number of hydrogen-bond donors (Lipinski definition) is 1. The Labute approximate surface area is 73.0 Å². The zero-order valence-corrected chi connectivity index (χ0v) is 7.68. The smallest absolute Gasteiger partial charge is 0.176 e. The third-order valence-electron chi connectivity index (χ3n) is 1.99. The van der Waals surface area contributed by atoms with E-state index in [1.165, 1.54) is 6.42 Å². The van der Waals surface area contributed by atoms with E-state index in [9.17, 15) is 4.79 Å². The highest BCUT2D eigenvalue weighted by molar-refractivity contribution is 5.93. The van der Waals surface area contributed by atoms with Gasteiger partial charge >= 0.3 is 0 Å². The van der Waals surface area contributed by atoms with Crippen molar-refractivity contribution in [3.63, 3.8) is 0 Å². The molecule has 0 spiro atoms. The molecule has 0 saturated carbocycles. The van der Waals surface area contributed by atoms with Crippen LogP contribution in [0, 0.1) is 0 Å². The van der Waals surface area contributed by atoms with Crippen LogP contribution in [0.15, 0.2) is 12.3 Å². The molecule has 1 rings (SSSR count). The number of Topliss-reactive ketones (excluding diaryl/α,β-unsaturated/α-hetero) is 1. The quantitative estimate of drug-likeness (QED) is 0.683. The Kier molecular flexibility index (Phi) is 3.09. The number of aromatic amines is 1. The SMILES string of the molecule is CCCCc1cc[nH]c1C(C)=O. The number of rotatable bonds is 4. The average molecular weight is 165 g/mol. The Bertz CT molecular complexity index is 263. The fraction of sp³-hybridized carbons (Fsp3) is 0.500. The van der Waals surface area contributed by atoms with Gasteiger partial charge in [-0.25, -0.2) is 0 Å². The van der Waals surface area contributed by atoms with Crippen molar-refractivity contribution in [1.82, 2.24) is 4.98 Å². The highest BCUT2D eigenvalue weighted by Crippen LogP contribution is 2.10. The number of aryl methyl sites for hydroxylation is 1. The molecule has 0 atom stereocenters. The Morgan fingerprint density at radius 3 is 2.92 bits per heavy atom. The maximum atomic E-state index is 11.1. The molecule has 12 heavy (non-hydrogen) atoms. The summed E-state index contributed by atoms with van der Waals surface area (Å²) in [6.45, 7) is 3.75. The fourth-order valence-corrected chi connectivity index (χ4v) is 1.30. The van der Waals surface area contributed by atoms with Gasteiger partial charge in [0.1, 0.15) is 0 Å². The van der Waals surface area contributed by atoms with Gasteiger partial charge in [-0.15, -0.1) is 0 Å². The standard InChI is InChI=1S/C10H15NO/c1-3-4-5-9-6-7-11-10(9)8(2)12/h6-7,11H,3-5H2,1-2H3. The number of carbonyl (C=O) groups excluding carboxylic acids is 1. The van der Waals surface area contributed by atoms with Crippen molar-refractivity contribution in [2.45, 2.75) is 33.1 Å². The topological polar surface area (TPSA) is 32.9 Å². The second-order valence-electron chi connectivity index (χ2n) is 3.04. The van der Waals surface area contributed by atoms with Crippen LogP contribution in [0.1, 0.15) is 42.7 Å². The minimum absolute atomic E-state index is 0.131. The van der Waals surface area contributed by atoms with Crippen molar-refractivity contribution >= 4 is 5.78 Å². The summed E-state index contributed by atoms with van der Waals surface area (Å²) in [5.41, 5.74) is 1.94. The second-order valence-corrected chi connectivity index (χ2v) is 3.04. The first kappa shape index (κ1) is 9.04. The first-order chi connectivity index (χ1) is 5.75. The predicted molar refractivity (Wildman–Crippen MR) is 49.4 cm³/mol. The highest BCUT2D eigenvalue weighted by atomic mass is 16.1. The van der Waals surface area contributed by atoms with Gasteiger partial charge in [-0.2, -0.15) is 0 Å². The van der Waals surface area contributed by atoms with E-state index in [4.69, 9.17) is 0 Å². The molecule has 0 bridgehead atoms. The van der Waals surface area contributed by atoms with Crippen LogP contribution in [0.3, 0.4) is 0 Å². The van der Waals surface area contributed by atoms with Gasteiger partial charge in [-0.05, 0) is 24.5 Å². The van der Waals surface area contributed by atoms with Gasteiger partial charge in [-0.1, -0.05) is 13.3 Å². The zero-order chi connectivity index (χ0) is 8.97. The van der Waals surface area contributed by atoms with Crippen molar-refractivity contribution in [3.05, 3.63) is 23.5 Å². The lowest BCUT2D eigenvalue weighted by Crippen LogP contribution is -1.97. The molecule has 0 aromatic carbocycles. The summed E-state index contributed by atoms with van der Waals surface area (Å²) < 4.78 is 0. The van der Waals surface area contributed by atoms with Crippen molar-refractivity contribution in [2.24, 2.45) is 0 Å². The molecule has 66 valence electrons. The van der Waals surface area contributed by atoms with E-state index < -0.39 is 0 Å². The molecular weight excluding hydrogens is 150 g/mol. The van der Waals surface area contributed by atoms with Gasteiger partial charge in [-0.3, -0.25) is 4.79 Å². The van der Waals surface area contributed by atoms with Crippen molar-refractivity contribution in [3.8, 4) is 0 Å². The van der Waals surface area contributed by atoms with Crippen molar-refractivity contribution in [2.75, 3.05) is 0 Å². The first-order valence-electron chi connectivity index (χ1n) is 4.43. The number of H-pyrrole nitrogens is 1. The van der Waals surface area contributed by atoms with Crippen LogP contribution < -0.4 is 0 Å². The molecule has 0 saturated heterocycles. The third-order valence-corrected chi connectivity index (χ3v) is 1.99. The minimum atomic E-state index is 0.131. The average Bonchev–Trinajstić information content (AvgIpc) is 2.48. The third kappa shape index (κ3) is 1.97. The van der Waals surface area contributed by atoms with E-state index >= 15 is 0 Å². The maximum Gasteiger partial charge on any atom is 0.176 e. The number of nitrogens with one attached hydrogen (secondary N) is 1. The summed E-state index contributed by atoms with van der Waals surface area (Å²) in [6, 6.07) is 1.99. The molecule has 0 amide bonds. The molecule has 0 aliphatic rings. The number of carbonyl (C=O) groups is 1. The van der Waals surface area contributed by atoms with Crippen molar-refractivity contribution in [1.29, 1.82) is 0 Å². The molecule has 0 radical (unpaired) electrons. The normalized spacial score (nSPS) is 10.2. The van der Waals surface area contributed by atoms with Gasteiger partial charge in [0.2, 0.25) is 0 Å². The lowest BCUT2D eigenvalue weighted by atomic mass is 10.1. The molecule has 2 heteroatoms. The molecule has 0 unspecified atom stereocenters. The fourth-order valence-electron chi connectivity index (χ4n) is 1.30. The second kappa shape index (κ2) is 4.10. The number of unbranched alkanes of at least 4 members (excludes halogenated alkanes) is 1. The predicted octanol–water partition coefficient (Wildman–Crippen LogP) is 2.56. The van der Waals surface area contributed by atoms with Crippen LogP contribution in [0.5, 0.6) is 0 Å². The Hall–Kier alpha value is -1.05. The van der Waals surface area contributed by atoms with E-state index in [2.05, 4.69) is 11.9 Å². The van der Waals surface area contributed by atoms with Gasteiger partial charge in [0.15, 0.2) is 5.78 Å². The number of ketones is 1. The van der Waals surface area contributed by atoms with Gasteiger partial charge in [0.25, 0.3) is 0 Å². The first-order valence-corrected chi connectivity index (χ1v) is 4.43. The van der Waals surface area contributed by atoms with Gasteiger partial charge < -0.3 is 4.98 Å². The molecule has 1 N–H and O–H groups in total. The Morgan fingerprint density at radius 1 is 1.58 bits per heavy atom. The zero-order valence-electron chi connectivity index (χ0n) is 7.68. The molecule has 1 aromatic heterocycles. The van der Waals surface area contributed by atoms with E-state index in [0.29, 0.717) is 0 Å². The summed E-state index contributed by atoms with van der Waals surface area (Å²) in [7, 11) is 0. The largest absolute Gasteiger partial charge is 0.359 e. The van der Waals surface area contributed by atoms with Gasteiger partial charge in [0.05, 0.1) is 5.69 Å². The number of aromatic nitrogens is 1. The summed E-state index contributed by atoms with van der Waals surface area (Å²) in [5.74, 6) is 0.131. The molecule has 1 heterocycles. The molecule has 1 aromatic rings. The monoisotopic (exact) mass is 165 g/mol. The van der Waals surface area contributed by atoms with E-state index in [1.807, 2.05) is 12.3 Å². The van der Waals surface area contributed by atoms with Crippen LogP contribution in [-0.4, -0.2) is 10.8 Å². The Morgan fingerprint density at radius 2 is 2.33 bits per heavy atom. The molecule has 0 aliphatic carbocycles.